The van der Waals surface area contributed by atoms with E-state index >= 15 is 0 Å². The third kappa shape index (κ3) is 5.08. The summed E-state index contributed by atoms with van der Waals surface area (Å²) in [6.07, 6.45) is 8.44. The molecular formula is C31H41N9O2S. The number of carbonyl (C=O) groups excluding carboxylic acids is 1. The normalized spacial score (nSPS) is 28.0. The second-order valence-electron chi connectivity index (χ2n) is 12.6. The molecule has 0 radical (unpaired) electrons. The van der Waals surface area contributed by atoms with Gasteiger partial charge < -0.3 is 35.2 Å². The number of nitrogen functional groups attached to an aromatic ring is 1. The van der Waals surface area contributed by atoms with Crippen LogP contribution in [-0.4, -0.2) is 94.6 Å². The van der Waals surface area contributed by atoms with Gasteiger partial charge in [0.05, 0.1) is 11.0 Å². The predicted molar refractivity (Wildman–Crippen MR) is 166 cm³/mol. The molecule has 0 spiro atoms. The molecule has 3 N–H and O–H groups in total. The number of hydrogen-bond donors (Lipinski definition) is 2. The summed E-state index contributed by atoms with van der Waals surface area (Å²) in [6, 6.07) is 2.65. The Morgan fingerprint density at radius 3 is 2.74 bits per heavy atom. The molecule has 6 rings (SSSR count). The second-order valence-corrected chi connectivity index (χ2v) is 13.7. The molecule has 5 heterocycles. The number of allylic oxidation sites excluding steroid dienone is 1. The minimum absolute atomic E-state index is 0.0307. The van der Waals surface area contributed by atoms with E-state index in [0.29, 0.717) is 41.4 Å². The van der Waals surface area contributed by atoms with Crippen LogP contribution in [0.25, 0.3) is 0 Å². The van der Waals surface area contributed by atoms with Gasteiger partial charge in [0, 0.05) is 74.1 Å². The van der Waals surface area contributed by atoms with Crippen molar-refractivity contribution < 1.29 is 9.32 Å². The van der Waals surface area contributed by atoms with Crippen LogP contribution in [0.2, 0.25) is 0 Å². The van der Waals surface area contributed by atoms with Crippen molar-refractivity contribution in [1.29, 1.82) is 5.26 Å². The molecule has 11 nitrogen and oxygen atoms in total. The molecule has 4 aliphatic rings. The summed E-state index contributed by atoms with van der Waals surface area (Å²) in [5, 5.41) is 18.8. The molecule has 0 aromatic carbocycles. The maximum Gasteiger partial charge on any atom is 0.246 e. The number of anilines is 1. The van der Waals surface area contributed by atoms with Crippen molar-refractivity contribution in [3.63, 3.8) is 0 Å². The number of piperazine rings is 2. The molecule has 12 heteroatoms. The number of thiophene rings is 1. The number of fused-ring (bicyclic) bond motifs is 1. The van der Waals surface area contributed by atoms with Gasteiger partial charge in [-0.15, -0.1) is 11.3 Å². The number of rotatable bonds is 5. The topological polar surface area (TPSA) is 131 Å². The number of nitrogens with two attached hydrogens (primary N) is 1. The minimum atomic E-state index is -0.752. The van der Waals surface area contributed by atoms with Crippen molar-refractivity contribution in [3.05, 3.63) is 64.0 Å². The lowest BCUT2D eigenvalue weighted by Gasteiger charge is -2.46. The van der Waals surface area contributed by atoms with Gasteiger partial charge in [-0.05, 0) is 59.2 Å². The van der Waals surface area contributed by atoms with E-state index in [0.717, 1.165) is 73.9 Å². The monoisotopic (exact) mass is 603 g/mol. The zero-order valence-corrected chi connectivity index (χ0v) is 26.3. The van der Waals surface area contributed by atoms with Gasteiger partial charge in [-0.3, -0.25) is 4.79 Å². The Bertz CT molecular complexity index is 1530. The molecule has 1 aliphatic carbocycles. The molecule has 2 aromatic rings. The number of amides is 1. The Morgan fingerprint density at radius 2 is 2.05 bits per heavy atom. The molecule has 1 amide bonds. The van der Waals surface area contributed by atoms with Crippen LogP contribution in [0.15, 0.2) is 40.8 Å². The quantitative estimate of drug-likeness (QED) is 0.492. The van der Waals surface area contributed by atoms with Gasteiger partial charge in [0.2, 0.25) is 17.6 Å². The van der Waals surface area contributed by atoms with Crippen molar-refractivity contribution in [1.82, 2.24) is 35.1 Å². The standard InChI is InChI=1S/C31H41N9O2S/c1-6-25(41)39-13-11-38(12-14-39)21-16-24(40-15-10-37(5)19-20(40)2)35-31(4,17-21)28-34-29(42-36-28)30(3)9-7-8-23-26(30)22(18-32)27(33)43-23/h6,16-17,20,35H,1,7-15,19,33H2,2-5H3/t20-,30+,31?/m0/s1. The van der Waals surface area contributed by atoms with Gasteiger partial charge in [-0.2, -0.15) is 10.2 Å². The lowest BCUT2D eigenvalue weighted by atomic mass is 9.72. The summed E-state index contributed by atoms with van der Waals surface area (Å²) in [5.74, 6) is 2.05. The SMILES string of the molecule is C=CC(=O)N1CCN(C2=CC(C)(c3noc([C@]4(C)CCCc5sc(N)c(C#N)c54)n3)NC(N3CCN(C)C[C@@H]3C)=C2)CC1. The summed E-state index contributed by atoms with van der Waals surface area (Å²) in [5.41, 5.74) is 7.47. The molecule has 228 valence electrons. The smallest absolute Gasteiger partial charge is 0.246 e. The average molecular weight is 604 g/mol. The highest BCUT2D eigenvalue weighted by atomic mass is 32.1. The van der Waals surface area contributed by atoms with Crippen molar-refractivity contribution in [2.24, 2.45) is 0 Å². The van der Waals surface area contributed by atoms with Crippen LogP contribution in [0.1, 0.15) is 61.3 Å². The van der Waals surface area contributed by atoms with Crippen LogP contribution in [-0.2, 0) is 22.2 Å². The molecule has 3 atom stereocenters. The molecule has 2 saturated heterocycles. The maximum absolute atomic E-state index is 12.2. The first-order valence-electron chi connectivity index (χ1n) is 15.1. The highest BCUT2D eigenvalue weighted by molar-refractivity contribution is 7.16. The van der Waals surface area contributed by atoms with Gasteiger partial charge in [-0.25, -0.2) is 0 Å². The first kappa shape index (κ1) is 29.3. The molecule has 43 heavy (non-hydrogen) atoms. The Labute approximate surface area is 257 Å². The first-order valence-corrected chi connectivity index (χ1v) is 15.9. The van der Waals surface area contributed by atoms with Crippen LogP contribution >= 0.6 is 11.3 Å². The Balaban J connectivity index is 1.36. The zero-order chi connectivity index (χ0) is 30.5. The van der Waals surface area contributed by atoms with Crippen LogP contribution in [0.4, 0.5) is 5.00 Å². The number of nitrogens with one attached hydrogen (secondary N) is 1. The summed E-state index contributed by atoms with van der Waals surface area (Å²) in [7, 11) is 2.16. The number of nitriles is 1. The van der Waals surface area contributed by atoms with E-state index in [4.69, 9.17) is 15.2 Å². The van der Waals surface area contributed by atoms with Gasteiger partial charge in [0.1, 0.15) is 22.4 Å². The molecule has 0 saturated carbocycles. The lowest BCUT2D eigenvalue weighted by Crippen LogP contribution is -2.56. The number of carbonyl (C=O) groups is 1. The summed E-state index contributed by atoms with van der Waals surface area (Å²) in [6.45, 7) is 15.6. The fraction of sp³-hybridized carbons (Fsp3) is 0.548. The van der Waals surface area contributed by atoms with Crippen molar-refractivity contribution in [2.45, 2.75) is 57.0 Å². The largest absolute Gasteiger partial charge is 0.389 e. The number of dihydropyridines is 1. The molecule has 2 fully saturated rings. The Morgan fingerprint density at radius 1 is 1.28 bits per heavy atom. The third-order valence-electron chi connectivity index (χ3n) is 9.50. The van der Waals surface area contributed by atoms with Crippen LogP contribution in [0, 0.1) is 11.3 Å². The van der Waals surface area contributed by atoms with Gasteiger partial charge in [0.15, 0.2) is 0 Å². The van der Waals surface area contributed by atoms with E-state index in [1.165, 1.54) is 17.4 Å². The molecule has 3 aliphatic heterocycles. The zero-order valence-electron chi connectivity index (χ0n) is 25.5. The highest BCUT2D eigenvalue weighted by Gasteiger charge is 2.45. The fourth-order valence-electron chi connectivity index (χ4n) is 7.05. The second kappa shape index (κ2) is 11.0. The predicted octanol–water partition coefficient (Wildman–Crippen LogP) is 2.74. The average Bonchev–Trinajstić information content (AvgIpc) is 3.63. The molecule has 1 unspecified atom stereocenters. The molecule has 2 aromatic heterocycles. The molecular weight excluding hydrogens is 562 g/mol. The van der Waals surface area contributed by atoms with Crippen molar-refractivity contribution in [2.75, 3.05) is 58.6 Å². The van der Waals surface area contributed by atoms with E-state index in [9.17, 15) is 10.1 Å². The fourth-order valence-corrected chi connectivity index (χ4v) is 8.24. The van der Waals surface area contributed by atoms with Crippen LogP contribution < -0.4 is 11.1 Å². The summed E-state index contributed by atoms with van der Waals surface area (Å²) < 4.78 is 6.06. The van der Waals surface area contributed by atoms with Crippen LogP contribution in [0.5, 0.6) is 0 Å². The first-order chi connectivity index (χ1) is 20.6. The van der Waals surface area contributed by atoms with Crippen molar-refractivity contribution >= 4 is 22.2 Å². The number of nitrogens with zero attached hydrogens (tertiary/aromatic N) is 7. The van der Waals surface area contributed by atoms with E-state index in [-0.39, 0.29) is 5.91 Å². The van der Waals surface area contributed by atoms with Gasteiger partial charge >= 0.3 is 0 Å². The Kier molecular flexibility index (Phi) is 7.50. The number of aryl methyl sites for hydroxylation is 1. The van der Waals surface area contributed by atoms with Crippen molar-refractivity contribution in [3.8, 4) is 6.07 Å². The number of hydrogen-bond acceptors (Lipinski definition) is 11. The highest BCUT2D eigenvalue weighted by Crippen LogP contribution is 2.48. The maximum atomic E-state index is 12.2. The van der Waals surface area contributed by atoms with Gasteiger partial charge in [-0.1, -0.05) is 11.7 Å². The molecule has 0 bridgehead atoms. The van der Waals surface area contributed by atoms with Gasteiger partial charge in [0.25, 0.3) is 0 Å². The number of aromatic nitrogens is 2. The van der Waals surface area contributed by atoms with E-state index < -0.39 is 11.0 Å². The van der Waals surface area contributed by atoms with Crippen LogP contribution in [0.3, 0.4) is 0 Å². The summed E-state index contributed by atoms with van der Waals surface area (Å²) in [4.78, 5) is 27.4. The van der Waals surface area contributed by atoms with E-state index in [2.05, 4.69) is 77.8 Å². The Hall–Kier alpha value is -3.82. The lowest BCUT2D eigenvalue weighted by molar-refractivity contribution is -0.127. The van der Waals surface area contributed by atoms with E-state index in [1.54, 1.807) is 0 Å². The number of likely N-dealkylation sites (N-methyl/N-ethyl adjacent to an activating group) is 1. The third-order valence-corrected chi connectivity index (χ3v) is 10.6. The summed E-state index contributed by atoms with van der Waals surface area (Å²) >= 11 is 1.50. The van der Waals surface area contributed by atoms with E-state index in [1.807, 2.05) is 4.90 Å². The minimum Gasteiger partial charge on any atom is -0.389 e.